The van der Waals surface area contributed by atoms with Crippen LogP contribution in [0.5, 0.6) is 0 Å². The van der Waals surface area contributed by atoms with Gasteiger partial charge in [0.25, 0.3) is 0 Å². The lowest BCUT2D eigenvalue weighted by Crippen LogP contribution is -2.34. The lowest BCUT2D eigenvalue weighted by molar-refractivity contribution is -0.152. The second kappa shape index (κ2) is 23.1. The molecular weight excluding hydrogens is 801 g/mol. The van der Waals surface area contributed by atoms with Crippen molar-refractivity contribution in [3.63, 3.8) is 0 Å². The van der Waals surface area contributed by atoms with Crippen LogP contribution in [0.3, 0.4) is 0 Å². The number of fused-ring (bicyclic) bond motifs is 1. The predicted molar refractivity (Wildman–Crippen MR) is 238 cm³/mol. The minimum atomic E-state index is -1.22. The molecule has 0 bridgehead atoms. The first kappa shape index (κ1) is 48.3. The summed E-state index contributed by atoms with van der Waals surface area (Å²) in [5.74, 6) is -2.30. The number of imide groups is 1. The van der Waals surface area contributed by atoms with Gasteiger partial charge in [0.1, 0.15) is 17.6 Å². The SMILES string of the molecule is C=CC1CC(C=Cc2ccccc2)C2C(=O)N(CCCCCCN(Cc3cn(C(CC(C)(C)C(C)=O)c4ccccc4)nn3)C(=O)CCC(=O)NCCCOC(=O)C(C)O)C(=O)C12. The molecule has 5 rings (SSSR count). The zero-order valence-corrected chi connectivity index (χ0v) is 37.2. The Morgan fingerprint density at radius 1 is 0.952 bits per heavy atom. The van der Waals surface area contributed by atoms with E-state index in [0.29, 0.717) is 44.5 Å². The maximum atomic E-state index is 13.7. The highest BCUT2D eigenvalue weighted by Crippen LogP contribution is 2.49. The first-order valence-electron chi connectivity index (χ1n) is 22.3. The number of carbonyl (C=O) groups excluding carboxylic acids is 6. The van der Waals surface area contributed by atoms with Gasteiger partial charge in [0.15, 0.2) is 0 Å². The van der Waals surface area contributed by atoms with E-state index in [9.17, 15) is 33.9 Å². The van der Waals surface area contributed by atoms with Gasteiger partial charge in [0.05, 0.1) is 37.2 Å². The maximum Gasteiger partial charge on any atom is 0.334 e. The van der Waals surface area contributed by atoms with Gasteiger partial charge in [-0.05, 0) is 68.9 Å². The van der Waals surface area contributed by atoms with E-state index in [4.69, 9.17) is 4.74 Å². The van der Waals surface area contributed by atoms with E-state index >= 15 is 0 Å². The third kappa shape index (κ3) is 13.4. The number of aromatic nitrogens is 3. The molecule has 1 aliphatic carbocycles. The van der Waals surface area contributed by atoms with E-state index in [1.165, 1.54) is 11.8 Å². The van der Waals surface area contributed by atoms with Crippen LogP contribution in [0.1, 0.15) is 108 Å². The van der Waals surface area contributed by atoms with Crippen molar-refractivity contribution < 1.29 is 38.6 Å². The molecule has 14 nitrogen and oxygen atoms in total. The van der Waals surface area contributed by atoms with Crippen LogP contribution in [0.4, 0.5) is 0 Å². The van der Waals surface area contributed by atoms with E-state index in [1.54, 1.807) is 16.5 Å². The van der Waals surface area contributed by atoms with Crippen molar-refractivity contribution in [2.45, 2.75) is 104 Å². The molecule has 2 fully saturated rings. The maximum absolute atomic E-state index is 13.7. The Morgan fingerprint density at radius 2 is 1.62 bits per heavy atom. The normalized spacial score (nSPS) is 19.5. The first-order valence-corrected chi connectivity index (χ1v) is 22.3. The number of esters is 1. The quantitative estimate of drug-likeness (QED) is 0.0437. The van der Waals surface area contributed by atoms with E-state index in [2.05, 4.69) is 28.3 Å². The molecule has 2 aliphatic rings. The zero-order chi connectivity index (χ0) is 45.5. The standard InChI is InChI=1S/C49H64N6O8/c1-6-37-30-39(23-22-36-18-11-9-12-19-36)45-44(37)46(60)54(47(45)61)28-16-8-7-15-27-53(43(59)25-24-42(58)50-26-17-29-63-48(62)34(2)56)32-40-33-55(52-51-40)41(31-49(4,5)35(3)57)38-20-13-10-14-21-38/h6,9-14,18-23,33-34,37,39,41,44-45,56H,1,7-8,15-17,24-32H2,2-5H3,(H,50,58). The summed E-state index contributed by atoms with van der Waals surface area (Å²) in [4.78, 5) is 80.9. The smallest absolute Gasteiger partial charge is 0.334 e. The number of ether oxygens (including phenoxy) is 1. The molecule has 0 radical (unpaired) electrons. The monoisotopic (exact) mass is 864 g/mol. The Bertz CT molecular complexity index is 2060. The lowest BCUT2D eigenvalue weighted by atomic mass is 9.80. The molecule has 6 unspecified atom stereocenters. The minimum absolute atomic E-state index is 0.0365. The molecule has 6 atom stereocenters. The molecule has 2 heterocycles. The van der Waals surface area contributed by atoms with Gasteiger partial charge in [-0.15, -0.1) is 11.7 Å². The number of ketones is 1. The molecule has 2 aromatic carbocycles. The molecule has 2 N–H and O–H groups in total. The number of aliphatic hydroxyl groups is 1. The van der Waals surface area contributed by atoms with Gasteiger partial charge in [0, 0.05) is 37.9 Å². The van der Waals surface area contributed by atoms with Crippen molar-refractivity contribution in [1.82, 2.24) is 30.1 Å². The molecule has 338 valence electrons. The van der Waals surface area contributed by atoms with Crippen LogP contribution in [0.2, 0.25) is 0 Å². The van der Waals surface area contributed by atoms with Crippen LogP contribution >= 0.6 is 0 Å². The van der Waals surface area contributed by atoms with Gasteiger partial charge < -0.3 is 20.1 Å². The number of hydrogen-bond donors (Lipinski definition) is 2. The van der Waals surface area contributed by atoms with Crippen molar-refractivity contribution >= 4 is 41.5 Å². The van der Waals surface area contributed by atoms with E-state index < -0.39 is 17.5 Å². The number of rotatable bonds is 25. The van der Waals surface area contributed by atoms with Gasteiger partial charge in [-0.1, -0.05) is 111 Å². The summed E-state index contributed by atoms with van der Waals surface area (Å²) in [5, 5.41) is 20.9. The summed E-state index contributed by atoms with van der Waals surface area (Å²) in [6, 6.07) is 19.4. The Kier molecular flexibility index (Phi) is 17.7. The Labute approximate surface area is 371 Å². The molecule has 1 saturated carbocycles. The average Bonchev–Trinajstić information content (AvgIpc) is 3.96. The molecule has 63 heavy (non-hydrogen) atoms. The van der Waals surface area contributed by atoms with E-state index in [-0.39, 0.29) is 91.7 Å². The second-order valence-electron chi connectivity index (χ2n) is 17.5. The summed E-state index contributed by atoms with van der Waals surface area (Å²) >= 11 is 0. The highest BCUT2D eigenvalue weighted by molar-refractivity contribution is 6.06. The molecule has 1 saturated heterocycles. The summed E-state index contributed by atoms with van der Waals surface area (Å²) in [5.41, 5.74) is 1.96. The number of nitrogens with zero attached hydrogens (tertiary/aromatic N) is 5. The van der Waals surface area contributed by atoms with Gasteiger partial charge in [-0.3, -0.25) is 28.9 Å². The number of likely N-dealkylation sites (tertiary alicyclic amines) is 1. The first-order chi connectivity index (χ1) is 30.2. The summed E-state index contributed by atoms with van der Waals surface area (Å²) in [6.45, 7) is 11.9. The van der Waals surface area contributed by atoms with E-state index in [0.717, 1.165) is 30.4 Å². The fourth-order valence-corrected chi connectivity index (χ4v) is 8.42. The van der Waals surface area contributed by atoms with Crippen molar-refractivity contribution in [1.29, 1.82) is 0 Å². The number of hydrogen-bond acceptors (Lipinski definition) is 10. The summed E-state index contributed by atoms with van der Waals surface area (Å²) in [6.07, 6.45) is 10.8. The number of Topliss-reactive ketones (excluding diaryl/α,β-unsaturated/α-hetero) is 1. The van der Waals surface area contributed by atoms with Crippen LogP contribution in [0.15, 0.2) is 85.6 Å². The number of carbonyl (C=O) groups is 6. The number of benzene rings is 2. The van der Waals surface area contributed by atoms with Gasteiger partial charge in [-0.25, -0.2) is 9.48 Å². The average molecular weight is 865 g/mol. The summed E-state index contributed by atoms with van der Waals surface area (Å²) in [7, 11) is 0. The highest BCUT2D eigenvalue weighted by Gasteiger charge is 2.56. The van der Waals surface area contributed by atoms with Crippen molar-refractivity contribution in [2.24, 2.45) is 29.1 Å². The molecule has 1 aliphatic heterocycles. The minimum Gasteiger partial charge on any atom is -0.464 e. The largest absolute Gasteiger partial charge is 0.464 e. The van der Waals surface area contributed by atoms with Gasteiger partial charge in [0.2, 0.25) is 23.6 Å². The number of unbranched alkanes of at least 4 members (excludes halogenated alkanes) is 3. The molecule has 4 amide bonds. The van der Waals surface area contributed by atoms with Crippen LogP contribution in [0, 0.1) is 29.1 Å². The van der Waals surface area contributed by atoms with Gasteiger partial charge >= 0.3 is 5.97 Å². The fourth-order valence-electron chi connectivity index (χ4n) is 8.42. The third-order valence-electron chi connectivity index (χ3n) is 12.4. The predicted octanol–water partition coefficient (Wildman–Crippen LogP) is 6.11. The molecule has 1 aromatic heterocycles. The van der Waals surface area contributed by atoms with Crippen LogP contribution in [-0.4, -0.2) is 97.6 Å². The molecule has 3 aromatic rings. The Morgan fingerprint density at radius 3 is 2.29 bits per heavy atom. The lowest BCUT2D eigenvalue weighted by Gasteiger charge is -2.27. The topological polar surface area (TPSA) is 181 Å². The number of aliphatic hydroxyl groups excluding tert-OH is 1. The summed E-state index contributed by atoms with van der Waals surface area (Å²) < 4.78 is 6.67. The zero-order valence-electron chi connectivity index (χ0n) is 37.2. The van der Waals surface area contributed by atoms with E-state index in [1.807, 2.05) is 92.9 Å². The second-order valence-corrected chi connectivity index (χ2v) is 17.5. The van der Waals surface area contributed by atoms with Crippen molar-refractivity contribution in [3.05, 3.63) is 102 Å². The highest BCUT2D eigenvalue weighted by atomic mass is 16.5. The number of allylic oxidation sites excluding steroid dienone is 2. The number of nitrogens with one attached hydrogen (secondary N) is 1. The molecule has 0 spiro atoms. The Balaban J connectivity index is 1.18. The molecular formula is C49H64N6O8. The van der Waals surface area contributed by atoms with Crippen LogP contribution in [0.25, 0.3) is 6.08 Å². The van der Waals surface area contributed by atoms with Crippen molar-refractivity contribution in [2.75, 3.05) is 26.2 Å². The van der Waals surface area contributed by atoms with Crippen molar-refractivity contribution in [3.8, 4) is 0 Å². The fraction of sp³-hybridized carbons (Fsp3) is 0.510. The number of amides is 4. The Hall–Kier alpha value is -5.76. The molecule has 14 heteroatoms. The third-order valence-corrected chi connectivity index (χ3v) is 12.4. The van der Waals surface area contributed by atoms with Gasteiger partial charge in [-0.2, -0.15) is 0 Å². The van der Waals surface area contributed by atoms with Crippen LogP contribution in [-0.2, 0) is 40.0 Å². The van der Waals surface area contributed by atoms with Crippen LogP contribution < -0.4 is 5.32 Å².